The Hall–Kier alpha value is -1.58. The topological polar surface area (TPSA) is 59.9 Å². The molecule has 4 nitrogen and oxygen atoms in total. The van der Waals surface area contributed by atoms with Crippen LogP contribution in [-0.2, 0) is 4.79 Å². The van der Waals surface area contributed by atoms with Crippen LogP contribution in [0.25, 0.3) is 0 Å². The van der Waals surface area contributed by atoms with E-state index < -0.39 is 0 Å². The van der Waals surface area contributed by atoms with Crippen molar-refractivity contribution in [3.8, 4) is 0 Å². The minimum Gasteiger partial charge on any atom is -0.299 e. The second-order valence-electron chi connectivity index (χ2n) is 6.24. The van der Waals surface area contributed by atoms with E-state index in [2.05, 4.69) is 9.97 Å². The number of rotatable bonds is 3. The molecule has 0 unspecified atom stereocenters. The third-order valence-electron chi connectivity index (χ3n) is 4.94. The molecule has 3 rings (SSSR count). The lowest BCUT2D eigenvalue weighted by molar-refractivity contribution is -0.128. The molecule has 2 saturated carbocycles. The Kier molecular flexibility index (Phi) is 3.64. The molecular weight excluding hydrogens is 252 g/mol. The second kappa shape index (κ2) is 5.43. The fraction of sp³-hybridized carbons (Fsp3) is 0.625. The summed E-state index contributed by atoms with van der Waals surface area (Å²) in [6, 6.07) is 1.67. The average molecular weight is 272 g/mol. The third kappa shape index (κ3) is 2.51. The molecule has 1 aromatic heterocycles. The molecule has 0 aromatic carbocycles. The molecule has 2 atom stereocenters. The first kappa shape index (κ1) is 13.4. The van der Waals surface area contributed by atoms with Crippen molar-refractivity contribution in [2.24, 2.45) is 11.3 Å². The molecule has 20 heavy (non-hydrogen) atoms. The molecular formula is C16H20N2O2. The Morgan fingerprint density at radius 2 is 2.20 bits per heavy atom. The van der Waals surface area contributed by atoms with Crippen LogP contribution in [0.1, 0.15) is 61.9 Å². The number of hydrogen-bond donors (Lipinski definition) is 0. The van der Waals surface area contributed by atoms with Crippen molar-refractivity contribution in [2.45, 2.75) is 51.4 Å². The maximum absolute atomic E-state index is 12.2. The van der Waals surface area contributed by atoms with Crippen LogP contribution in [0.2, 0.25) is 0 Å². The first-order chi connectivity index (χ1) is 9.70. The van der Waals surface area contributed by atoms with E-state index in [4.69, 9.17) is 0 Å². The van der Waals surface area contributed by atoms with Crippen LogP contribution < -0.4 is 0 Å². The first-order valence-electron chi connectivity index (χ1n) is 7.52. The predicted molar refractivity (Wildman–Crippen MR) is 74.2 cm³/mol. The third-order valence-corrected chi connectivity index (χ3v) is 4.94. The van der Waals surface area contributed by atoms with E-state index in [0.29, 0.717) is 23.8 Å². The highest BCUT2D eigenvalue weighted by molar-refractivity contribution is 5.94. The summed E-state index contributed by atoms with van der Waals surface area (Å²) < 4.78 is 0. The quantitative estimate of drug-likeness (QED) is 0.794. The molecule has 2 fully saturated rings. The number of hydrogen-bond acceptors (Lipinski definition) is 4. The zero-order valence-electron chi connectivity index (χ0n) is 11.7. The van der Waals surface area contributed by atoms with Crippen molar-refractivity contribution in [1.29, 1.82) is 0 Å². The Morgan fingerprint density at radius 1 is 1.35 bits per heavy atom. The molecule has 106 valence electrons. The summed E-state index contributed by atoms with van der Waals surface area (Å²) in [5.41, 5.74) is 0.409. The number of aromatic nitrogens is 2. The fourth-order valence-electron chi connectivity index (χ4n) is 3.95. The van der Waals surface area contributed by atoms with E-state index in [1.54, 1.807) is 12.3 Å². The van der Waals surface area contributed by atoms with Crippen molar-refractivity contribution in [2.75, 3.05) is 0 Å². The van der Waals surface area contributed by atoms with E-state index in [9.17, 15) is 9.59 Å². The molecule has 4 heteroatoms. The monoisotopic (exact) mass is 272 g/mol. The highest BCUT2D eigenvalue weighted by Gasteiger charge is 2.45. The second-order valence-corrected chi connectivity index (χ2v) is 6.24. The molecule has 0 N–H and O–H groups in total. The van der Waals surface area contributed by atoms with Gasteiger partial charge in [-0.1, -0.05) is 6.42 Å². The van der Waals surface area contributed by atoms with Crippen molar-refractivity contribution in [3.05, 3.63) is 24.3 Å². The minimum atomic E-state index is -0.0884. The van der Waals surface area contributed by atoms with Crippen molar-refractivity contribution < 1.29 is 9.59 Å². The Bertz CT molecular complexity index is 514. The van der Waals surface area contributed by atoms with Crippen LogP contribution in [0.5, 0.6) is 0 Å². The van der Waals surface area contributed by atoms with Gasteiger partial charge in [0, 0.05) is 24.5 Å². The van der Waals surface area contributed by atoms with Gasteiger partial charge in [-0.2, -0.15) is 0 Å². The standard InChI is InChI=1S/C16H20N2O2/c19-14(13-5-8-17-11-18-13)9-12-3-1-6-16(10-12)7-2-4-15(16)20/h5,8,11-12H,1-4,6-7,9-10H2/t12-,16+/m1/s1. The highest BCUT2D eigenvalue weighted by Crippen LogP contribution is 2.49. The first-order valence-corrected chi connectivity index (χ1v) is 7.52. The normalized spacial score (nSPS) is 29.8. The number of Topliss-reactive ketones (excluding diaryl/α,β-unsaturated/α-hetero) is 2. The Morgan fingerprint density at radius 3 is 2.90 bits per heavy atom. The smallest absolute Gasteiger partial charge is 0.181 e. The number of nitrogens with zero attached hydrogens (tertiary/aromatic N) is 2. The highest BCUT2D eigenvalue weighted by atomic mass is 16.1. The van der Waals surface area contributed by atoms with E-state index in [-0.39, 0.29) is 11.2 Å². The minimum absolute atomic E-state index is 0.0832. The maximum Gasteiger partial charge on any atom is 0.181 e. The SMILES string of the molecule is O=C(C[C@H]1CCC[C@]2(CCCC2=O)C1)c1ccncn1. The van der Waals surface area contributed by atoms with Gasteiger partial charge in [-0.3, -0.25) is 9.59 Å². The van der Waals surface area contributed by atoms with Gasteiger partial charge < -0.3 is 0 Å². The van der Waals surface area contributed by atoms with Crippen LogP contribution >= 0.6 is 0 Å². The lowest BCUT2D eigenvalue weighted by atomic mass is 9.67. The molecule has 0 amide bonds. The van der Waals surface area contributed by atoms with Gasteiger partial charge in [0.25, 0.3) is 0 Å². The van der Waals surface area contributed by atoms with Crippen LogP contribution in [-0.4, -0.2) is 21.5 Å². The number of ketones is 2. The summed E-state index contributed by atoms with van der Waals surface area (Å²) in [5.74, 6) is 0.866. The number of carbonyl (C=O) groups excluding carboxylic acids is 2. The number of carbonyl (C=O) groups is 2. The molecule has 2 aliphatic carbocycles. The summed E-state index contributed by atoms with van der Waals surface area (Å²) in [4.78, 5) is 32.2. The van der Waals surface area contributed by atoms with Crippen LogP contribution in [0.3, 0.4) is 0 Å². The van der Waals surface area contributed by atoms with Gasteiger partial charge in [0.15, 0.2) is 5.78 Å². The van der Waals surface area contributed by atoms with Crippen LogP contribution in [0.15, 0.2) is 18.6 Å². The molecule has 0 radical (unpaired) electrons. The van der Waals surface area contributed by atoms with Crippen molar-refractivity contribution in [3.63, 3.8) is 0 Å². The Balaban J connectivity index is 1.66. The predicted octanol–water partition coefficient (Wildman–Crippen LogP) is 2.98. The summed E-state index contributed by atoms with van der Waals surface area (Å²) in [7, 11) is 0. The van der Waals surface area contributed by atoms with E-state index in [1.165, 1.54) is 6.33 Å². The summed E-state index contributed by atoms with van der Waals surface area (Å²) in [6.45, 7) is 0. The summed E-state index contributed by atoms with van der Waals surface area (Å²) in [6.07, 6.45) is 10.4. The summed E-state index contributed by atoms with van der Waals surface area (Å²) >= 11 is 0. The van der Waals surface area contributed by atoms with Gasteiger partial charge in [0.1, 0.15) is 17.8 Å². The maximum atomic E-state index is 12.2. The largest absolute Gasteiger partial charge is 0.299 e. The van der Waals surface area contributed by atoms with Gasteiger partial charge in [-0.05, 0) is 44.1 Å². The molecule has 0 saturated heterocycles. The molecule has 0 bridgehead atoms. The molecule has 2 aliphatic rings. The van der Waals surface area contributed by atoms with Gasteiger partial charge in [-0.15, -0.1) is 0 Å². The zero-order chi connectivity index (χ0) is 14.0. The van der Waals surface area contributed by atoms with Crippen LogP contribution in [0.4, 0.5) is 0 Å². The Labute approximate surface area is 119 Å². The van der Waals surface area contributed by atoms with E-state index >= 15 is 0 Å². The van der Waals surface area contributed by atoms with Gasteiger partial charge >= 0.3 is 0 Å². The van der Waals surface area contributed by atoms with E-state index in [0.717, 1.165) is 44.9 Å². The van der Waals surface area contributed by atoms with E-state index in [1.807, 2.05) is 0 Å². The lowest BCUT2D eigenvalue weighted by Gasteiger charge is -2.36. The van der Waals surface area contributed by atoms with Gasteiger partial charge in [-0.25, -0.2) is 9.97 Å². The summed E-state index contributed by atoms with van der Waals surface area (Å²) in [5, 5.41) is 0. The fourth-order valence-corrected chi connectivity index (χ4v) is 3.95. The zero-order valence-corrected chi connectivity index (χ0v) is 11.7. The van der Waals surface area contributed by atoms with Crippen molar-refractivity contribution in [1.82, 2.24) is 9.97 Å². The van der Waals surface area contributed by atoms with Crippen molar-refractivity contribution >= 4 is 11.6 Å². The average Bonchev–Trinajstić information content (AvgIpc) is 2.81. The van der Waals surface area contributed by atoms with Gasteiger partial charge in [0.05, 0.1) is 0 Å². The van der Waals surface area contributed by atoms with Crippen LogP contribution in [0, 0.1) is 11.3 Å². The molecule has 1 aromatic rings. The van der Waals surface area contributed by atoms with Gasteiger partial charge in [0.2, 0.25) is 0 Å². The molecule has 1 spiro atoms. The lowest BCUT2D eigenvalue weighted by Crippen LogP contribution is -2.33. The molecule has 1 heterocycles. The molecule has 0 aliphatic heterocycles.